The van der Waals surface area contributed by atoms with Crippen molar-refractivity contribution in [1.29, 1.82) is 0 Å². The Hall–Kier alpha value is -2.83. The Labute approximate surface area is 160 Å². The van der Waals surface area contributed by atoms with Gasteiger partial charge in [-0.15, -0.1) is 0 Å². The fourth-order valence-corrected chi connectivity index (χ4v) is 3.20. The molecule has 0 radical (unpaired) electrons. The molecule has 7 nitrogen and oxygen atoms in total. The number of aryl methyl sites for hydroxylation is 2. The van der Waals surface area contributed by atoms with Crippen LogP contribution in [-0.2, 0) is 6.42 Å². The Morgan fingerprint density at radius 2 is 1.89 bits per heavy atom. The molecule has 2 heterocycles. The molecule has 2 aromatic rings. The van der Waals surface area contributed by atoms with Crippen LogP contribution < -0.4 is 15.5 Å². The van der Waals surface area contributed by atoms with Crippen molar-refractivity contribution in [1.82, 2.24) is 14.9 Å². The minimum Gasteiger partial charge on any atom is -0.370 e. The van der Waals surface area contributed by atoms with Crippen molar-refractivity contribution >= 4 is 23.4 Å². The molecule has 1 aromatic heterocycles. The number of nitrogens with zero attached hydrogens (tertiary/aromatic N) is 4. The van der Waals surface area contributed by atoms with Crippen LogP contribution >= 0.6 is 0 Å². The van der Waals surface area contributed by atoms with E-state index >= 15 is 0 Å². The maximum absolute atomic E-state index is 12.6. The van der Waals surface area contributed by atoms with Gasteiger partial charge in [-0.3, -0.25) is 0 Å². The summed E-state index contributed by atoms with van der Waals surface area (Å²) in [6.45, 7) is 9.72. The third kappa shape index (κ3) is 4.87. The fraction of sp³-hybridized carbons (Fsp3) is 0.450. The van der Waals surface area contributed by atoms with Gasteiger partial charge in [0.1, 0.15) is 17.5 Å². The average Bonchev–Trinajstić information content (AvgIpc) is 2.68. The highest BCUT2D eigenvalue weighted by Gasteiger charge is 2.22. The predicted octanol–water partition coefficient (Wildman–Crippen LogP) is 3.13. The first kappa shape index (κ1) is 18.9. The maximum atomic E-state index is 12.6. The van der Waals surface area contributed by atoms with Crippen molar-refractivity contribution in [3.63, 3.8) is 0 Å². The van der Waals surface area contributed by atoms with Crippen LogP contribution in [0.25, 0.3) is 0 Å². The van der Waals surface area contributed by atoms with Crippen LogP contribution in [0, 0.1) is 6.92 Å². The summed E-state index contributed by atoms with van der Waals surface area (Å²) in [5.41, 5.74) is 2.07. The molecule has 3 rings (SSSR count). The maximum Gasteiger partial charge on any atom is 0.321 e. The highest BCUT2D eigenvalue weighted by atomic mass is 16.2. The number of carbonyl (C=O) groups is 1. The van der Waals surface area contributed by atoms with Gasteiger partial charge >= 0.3 is 6.03 Å². The summed E-state index contributed by atoms with van der Waals surface area (Å²) in [7, 11) is 0. The summed E-state index contributed by atoms with van der Waals surface area (Å²) in [4.78, 5) is 25.6. The molecule has 2 amide bonds. The summed E-state index contributed by atoms with van der Waals surface area (Å²) in [6.07, 6.45) is 0.954. The number of nitrogens with one attached hydrogen (secondary N) is 2. The van der Waals surface area contributed by atoms with Gasteiger partial charge in [0, 0.05) is 44.5 Å². The molecule has 144 valence electrons. The summed E-state index contributed by atoms with van der Waals surface area (Å²) >= 11 is 0. The number of hydrogen-bond donors (Lipinski definition) is 2. The van der Waals surface area contributed by atoms with Gasteiger partial charge in [0.2, 0.25) is 0 Å². The Morgan fingerprint density at radius 1 is 1.11 bits per heavy atom. The third-order valence-electron chi connectivity index (χ3n) is 4.66. The number of carbonyl (C=O) groups excluding carboxylic acids is 1. The molecule has 1 aliphatic rings. The zero-order valence-electron chi connectivity index (χ0n) is 16.3. The minimum absolute atomic E-state index is 0.0462. The van der Waals surface area contributed by atoms with E-state index in [0.717, 1.165) is 49.2 Å². The third-order valence-corrected chi connectivity index (χ3v) is 4.66. The molecule has 0 bridgehead atoms. The van der Waals surface area contributed by atoms with Crippen LogP contribution in [0.15, 0.2) is 30.3 Å². The summed E-state index contributed by atoms with van der Waals surface area (Å²) in [5, 5.41) is 6.25. The van der Waals surface area contributed by atoms with Crippen LogP contribution in [-0.4, -0.2) is 53.6 Å². The second-order valence-corrected chi connectivity index (χ2v) is 6.65. The number of piperazine rings is 1. The quantitative estimate of drug-likeness (QED) is 0.848. The van der Waals surface area contributed by atoms with Gasteiger partial charge in [-0.1, -0.05) is 19.1 Å². The van der Waals surface area contributed by atoms with Crippen LogP contribution in [0.1, 0.15) is 25.2 Å². The molecule has 1 aliphatic heterocycles. The molecule has 0 spiro atoms. The number of amides is 2. The predicted molar refractivity (Wildman–Crippen MR) is 110 cm³/mol. The van der Waals surface area contributed by atoms with Gasteiger partial charge in [0.25, 0.3) is 0 Å². The zero-order chi connectivity index (χ0) is 19.2. The molecule has 1 aromatic carbocycles. The Bertz CT molecular complexity index is 786. The lowest BCUT2D eigenvalue weighted by molar-refractivity contribution is 0.208. The Kier molecular flexibility index (Phi) is 6.11. The van der Waals surface area contributed by atoms with Crippen molar-refractivity contribution < 1.29 is 4.79 Å². The van der Waals surface area contributed by atoms with Gasteiger partial charge < -0.3 is 20.4 Å². The van der Waals surface area contributed by atoms with Crippen molar-refractivity contribution in [3.8, 4) is 0 Å². The summed E-state index contributed by atoms with van der Waals surface area (Å²) < 4.78 is 0. The molecule has 1 fully saturated rings. The van der Waals surface area contributed by atoms with E-state index in [1.807, 2.05) is 43.0 Å². The molecule has 2 N–H and O–H groups in total. The molecule has 27 heavy (non-hydrogen) atoms. The highest BCUT2D eigenvalue weighted by molar-refractivity contribution is 5.89. The number of anilines is 3. The van der Waals surface area contributed by atoms with Crippen molar-refractivity contribution in [3.05, 3.63) is 41.7 Å². The van der Waals surface area contributed by atoms with E-state index in [2.05, 4.69) is 38.5 Å². The molecule has 1 saturated heterocycles. The lowest BCUT2D eigenvalue weighted by atomic mass is 10.1. The van der Waals surface area contributed by atoms with E-state index in [9.17, 15) is 4.79 Å². The second-order valence-electron chi connectivity index (χ2n) is 6.65. The number of hydrogen-bond acceptors (Lipinski definition) is 5. The van der Waals surface area contributed by atoms with E-state index in [-0.39, 0.29) is 6.03 Å². The molecular weight excluding hydrogens is 340 g/mol. The molecule has 0 saturated carbocycles. The van der Waals surface area contributed by atoms with Gasteiger partial charge in [-0.2, -0.15) is 0 Å². The molecule has 0 atom stereocenters. The zero-order valence-corrected chi connectivity index (χ0v) is 16.3. The monoisotopic (exact) mass is 368 g/mol. The smallest absolute Gasteiger partial charge is 0.321 e. The van der Waals surface area contributed by atoms with Gasteiger partial charge in [0.05, 0.1) is 0 Å². The van der Waals surface area contributed by atoms with E-state index in [1.54, 1.807) is 0 Å². The normalized spacial score (nSPS) is 14.2. The van der Waals surface area contributed by atoms with E-state index < -0.39 is 0 Å². The number of aromatic nitrogens is 2. The van der Waals surface area contributed by atoms with E-state index in [0.29, 0.717) is 13.1 Å². The average molecular weight is 368 g/mol. The van der Waals surface area contributed by atoms with E-state index in [4.69, 9.17) is 0 Å². The first-order chi connectivity index (χ1) is 13.1. The molecular formula is C20H28N6O. The second kappa shape index (κ2) is 8.70. The molecule has 7 heteroatoms. The minimum atomic E-state index is -0.0462. The number of urea groups is 1. The highest BCUT2D eigenvalue weighted by Crippen LogP contribution is 2.18. The van der Waals surface area contributed by atoms with Crippen LogP contribution in [0.3, 0.4) is 0 Å². The lowest BCUT2D eigenvalue weighted by Gasteiger charge is -2.35. The van der Waals surface area contributed by atoms with Crippen LogP contribution in [0.4, 0.5) is 22.1 Å². The number of benzene rings is 1. The summed E-state index contributed by atoms with van der Waals surface area (Å²) in [6, 6.07) is 9.93. The van der Waals surface area contributed by atoms with Crippen molar-refractivity contribution in [2.45, 2.75) is 27.2 Å². The standard InChI is InChI=1S/C20H28N6O/c1-4-16-7-6-8-17(13-16)24-20(27)26-11-9-25(10-12-26)19-14-18(21-5-2)22-15(3)23-19/h6-8,13-14H,4-5,9-12H2,1-3H3,(H,24,27)(H,21,22,23). The van der Waals surface area contributed by atoms with Gasteiger partial charge in [0.15, 0.2) is 0 Å². The Morgan fingerprint density at radius 3 is 2.59 bits per heavy atom. The molecule has 0 aliphatic carbocycles. The van der Waals surface area contributed by atoms with Crippen LogP contribution in [0.2, 0.25) is 0 Å². The SMILES string of the molecule is CCNc1cc(N2CCN(C(=O)Nc3cccc(CC)c3)CC2)nc(C)n1. The van der Waals surface area contributed by atoms with Crippen molar-refractivity contribution in [2.24, 2.45) is 0 Å². The Balaban J connectivity index is 1.59. The van der Waals surface area contributed by atoms with Gasteiger partial charge in [-0.05, 0) is 38.0 Å². The van der Waals surface area contributed by atoms with E-state index in [1.165, 1.54) is 5.56 Å². The van der Waals surface area contributed by atoms with Gasteiger partial charge in [-0.25, -0.2) is 14.8 Å². The first-order valence-corrected chi connectivity index (χ1v) is 9.58. The van der Waals surface area contributed by atoms with Crippen LogP contribution in [0.5, 0.6) is 0 Å². The number of rotatable bonds is 5. The first-order valence-electron chi connectivity index (χ1n) is 9.58. The topological polar surface area (TPSA) is 73.4 Å². The molecule has 0 unspecified atom stereocenters. The summed E-state index contributed by atoms with van der Waals surface area (Å²) in [5.74, 6) is 2.50. The van der Waals surface area contributed by atoms with Crippen molar-refractivity contribution in [2.75, 3.05) is 48.3 Å². The lowest BCUT2D eigenvalue weighted by Crippen LogP contribution is -2.50. The largest absolute Gasteiger partial charge is 0.370 e. The fourth-order valence-electron chi connectivity index (χ4n) is 3.20.